The van der Waals surface area contributed by atoms with Crippen molar-refractivity contribution in [2.24, 2.45) is 4.99 Å². The Bertz CT molecular complexity index is 787. The number of rotatable bonds is 4. The summed E-state index contributed by atoms with van der Waals surface area (Å²) in [5.74, 6) is 0.589. The Balaban J connectivity index is 1.77. The molecule has 0 unspecified atom stereocenters. The molecule has 1 aliphatic rings. The molecular formula is C19H15NO3. The Morgan fingerprint density at radius 3 is 2.48 bits per heavy atom. The third-order valence-corrected chi connectivity index (χ3v) is 3.30. The molecule has 3 rings (SSSR count). The molecule has 0 spiro atoms. The molecule has 0 saturated heterocycles. The molecule has 2 aromatic carbocycles. The second-order valence-electron chi connectivity index (χ2n) is 4.86. The Labute approximate surface area is 134 Å². The molecule has 114 valence electrons. The number of methoxy groups -OCH3 is 1. The third-order valence-electron chi connectivity index (χ3n) is 3.30. The van der Waals surface area contributed by atoms with Crippen LogP contribution in [0.1, 0.15) is 11.1 Å². The van der Waals surface area contributed by atoms with Crippen LogP contribution in [-0.4, -0.2) is 19.0 Å². The van der Waals surface area contributed by atoms with Crippen LogP contribution in [0.2, 0.25) is 0 Å². The molecule has 2 aromatic rings. The van der Waals surface area contributed by atoms with E-state index in [9.17, 15) is 4.79 Å². The molecule has 0 aliphatic carbocycles. The minimum atomic E-state index is -0.450. The molecule has 4 heteroatoms. The summed E-state index contributed by atoms with van der Waals surface area (Å²) in [4.78, 5) is 16.1. The lowest BCUT2D eigenvalue weighted by molar-refractivity contribution is -0.130. The first-order valence-corrected chi connectivity index (χ1v) is 7.15. The molecule has 0 bridgehead atoms. The predicted octanol–water partition coefficient (Wildman–Crippen LogP) is 3.60. The van der Waals surface area contributed by atoms with Gasteiger partial charge in [-0.05, 0) is 35.9 Å². The number of ether oxygens (including phenoxy) is 2. The van der Waals surface area contributed by atoms with Crippen LogP contribution in [0.3, 0.4) is 0 Å². The zero-order valence-corrected chi connectivity index (χ0v) is 12.6. The fourth-order valence-corrected chi connectivity index (χ4v) is 2.09. The standard InChI is InChI=1S/C19H15NO3/c1-22-16-12-10-15(11-13-16)18-20-17(19(21)23-18)9-5-8-14-6-3-2-4-7-14/h2-13H,1H3/b8-5+,17-9-. The van der Waals surface area contributed by atoms with Crippen LogP contribution in [0, 0.1) is 0 Å². The molecule has 0 saturated carbocycles. The molecule has 0 N–H and O–H groups in total. The highest BCUT2D eigenvalue weighted by atomic mass is 16.6. The highest BCUT2D eigenvalue weighted by molar-refractivity contribution is 6.11. The minimum Gasteiger partial charge on any atom is -0.497 e. The van der Waals surface area contributed by atoms with Crippen molar-refractivity contribution >= 4 is 17.9 Å². The van der Waals surface area contributed by atoms with Crippen LogP contribution in [0.4, 0.5) is 0 Å². The van der Waals surface area contributed by atoms with Crippen molar-refractivity contribution in [3.8, 4) is 5.75 Å². The van der Waals surface area contributed by atoms with E-state index in [-0.39, 0.29) is 5.70 Å². The monoisotopic (exact) mass is 305 g/mol. The summed E-state index contributed by atoms with van der Waals surface area (Å²) in [6, 6.07) is 17.0. The fraction of sp³-hybridized carbons (Fsp3) is 0.0526. The molecule has 1 heterocycles. The van der Waals surface area contributed by atoms with E-state index in [1.54, 1.807) is 43.5 Å². The van der Waals surface area contributed by atoms with Gasteiger partial charge in [-0.25, -0.2) is 9.79 Å². The number of carbonyl (C=O) groups is 1. The molecule has 0 atom stereocenters. The first kappa shape index (κ1) is 14.8. The Hall–Kier alpha value is -3.14. The fourth-order valence-electron chi connectivity index (χ4n) is 2.09. The van der Waals surface area contributed by atoms with E-state index < -0.39 is 5.97 Å². The maximum atomic E-state index is 11.9. The molecular weight excluding hydrogens is 290 g/mol. The van der Waals surface area contributed by atoms with Crippen molar-refractivity contribution in [2.75, 3.05) is 7.11 Å². The zero-order valence-electron chi connectivity index (χ0n) is 12.6. The highest BCUT2D eigenvalue weighted by Gasteiger charge is 2.23. The van der Waals surface area contributed by atoms with Crippen molar-refractivity contribution in [3.05, 3.63) is 83.6 Å². The SMILES string of the molecule is COc1ccc(C2=N/C(=C\C=C\c3ccccc3)C(=O)O2)cc1. The van der Waals surface area contributed by atoms with E-state index in [0.29, 0.717) is 5.90 Å². The quantitative estimate of drug-likeness (QED) is 0.640. The maximum absolute atomic E-state index is 11.9. The van der Waals surface area contributed by atoms with Gasteiger partial charge in [0.1, 0.15) is 5.75 Å². The smallest absolute Gasteiger partial charge is 0.363 e. The summed E-state index contributed by atoms with van der Waals surface area (Å²) in [5.41, 5.74) is 2.06. The summed E-state index contributed by atoms with van der Waals surface area (Å²) in [6.07, 6.45) is 5.33. The lowest BCUT2D eigenvalue weighted by Crippen LogP contribution is -2.05. The van der Waals surface area contributed by atoms with Crippen molar-refractivity contribution < 1.29 is 14.3 Å². The van der Waals surface area contributed by atoms with Gasteiger partial charge in [-0.15, -0.1) is 0 Å². The third kappa shape index (κ3) is 3.55. The molecule has 0 fully saturated rings. The molecule has 4 nitrogen and oxygen atoms in total. The number of hydrogen-bond donors (Lipinski definition) is 0. The maximum Gasteiger partial charge on any atom is 0.363 e. The number of allylic oxidation sites excluding steroid dienone is 2. The first-order chi connectivity index (χ1) is 11.3. The number of benzene rings is 2. The molecule has 0 amide bonds. The van der Waals surface area contributed by atoms with Gasteiger partial charge >= 0.3 is 5.97 Å². The molecule has 23 heavy (non-hydrogen) atoms. The predicted molar refractivity (Wildman–Crippen MR) is 89.2 cm³/mol. The number of aliphatic imine (C=N–C) groups is 1. The highest BCUT2D eigenvalue weighted by Crippen LogP contribution is 2.19. The van der Waals surface area contributed by atoms with Gasteiger partial charge in [-0.2, -0.15) is 0 Å². The number of carbonyl (C=O) groups excluding carboxylic acids is 1. The van der Waals surface area contributed by atoms with Crippen LogP contribution in [0.15, 0.2) is 77.4 Å². The van der Waals surface area contributed by atoms with Crippen LogP contribution in [-0.2, 0) is 9.53 Å². The first-order valence-electron chi connectivity index (χ1n) is 7.15. The number of esters is 1. The van der Waals surface area contributed by atoms with Crippen LogP contribution in [0.25, 0.3) is 6.08 Å². The Kier molecular flexibility index (Phi) is 4.34. The van der Waals surface area contributed by atoms with Crippen LogP contribution < -0.4 is 4.74 Å². The van der Waals surface area contributed by atoms with Crippen LogP contribution >= 0.6 is 0 Å². The van der Waals surface area contributed by atoms with Crippen molar-refractivity contribution in [1.82, 2.24) is 0 Å². The summed E-state index contributed by atoms with van der Waals surface area (Å²) >= 11 is 0. The summed E-state index contributed by atoms with van der Waals surface area (Å²) in [7, 11) is 1.60. The second kappa shape index (κ2) is 6.75. The lowest BCUT2D eigenvalue weighted by atomic mass is 10.2. The van der Waals surface area contributed by atoms with Gasteiger partial charge in [-0.1, -0.05) is 42.5 Å². The van der Waals surface area contributed by atoms with Gasteiger partial charge < -0.3 is 9.47 Å². The number of hydrogen-bond acceptors (Lipinski definition) is 4. The molecule has 0 radical (unpaired) electrons. The zero-order chi connectivity index (χ0) is 16.1. The minimum absolute atomic E-state index is 0.281. The summed E-state index contributed by atoms with van der Waals surface area (Å²) < 4.78 is 10.3. The Morgan fingerprint density at radius 2 is 1.78 bits per heavy atom. The summed E-state index contributed by atoms with van der Waals surface area (Å²) in [5, 5.41) is 0. The average molecular weight is 305 g/mol. The van der Waals surface area contributed by atoms with Gasteiger partial charge in [0, 0.05) is 5.56 Å². The van der Waals surface area contributed by atoms with Gasteiger partial charge in [0.05, 0.1) is 7.11 Å². The Morgan fingerprint density at radius 1 is 1.04 bits per heavy atom. The van der Waals surface area contributed by atoms with Crippen molar-refractivity contribution in [1.29, 1.82) is 0 Å². The van der Waals surface area contributed by atoms with Gasteiger partial charge in [-0.3, -0.25) is 0 Å². The van der Waals surface area contributed by atoms with E-state index in [1.165, 1.54) is 0 Å². The second-order valence-corrected chi connectivity index (χ2v) is 4.86. The van der Waals surface area contributed by atoms with E-state index >= 15 is 0 Å². The van der Waals surface area contributed by atoms with Gasteiger partial charge in [0.25, 0.3) is 0 Å². The number of nitrogens with zero attached hydrogens (tertiary/aromatic N) is 1. The van der Waals surface area contributed by atoms with Gasteiger partial charge in [0.15, 0.2) is 5.70 Å². The topological polar surface area (TPSA) is 47.9 Å². The van der Waals surface area contributed by atoms with Crippen molar-refractivity contribution in [2.45, 2.75) is 0 Å². The largest absolute Gasteiger partial charge is 0.497 e. The van der Waals surface area contributed by atoms with Gasteiger partial charge in [0.2, 0.25) is 5.90 Å². The lowest BCUT2D eigenvalue weighted by Gasteiger charge is -2.01. The van der Waals surface area contributed by atoms with E-state index in [4.69, 9.17) is 9.47 Å². The molecule has 0 aromatic heterocycles. The number of cyclic esters (lactones) is 1. The molecule has 1 aliphatic heterocycles. The van der Waals surface area contributed by atoms with E-state index in [1.807, 2.05) is 36.4 Å². The summed E-state index contributed by atoms with van der Waals surface area (Å²) in [6.45, 7) is 0. The van der Waals surface area contributed by atoms with E-state index in [2.05, 4.69) is 4.99 Å². The van der Waals surface area contributed by atoms with E-state index in [0.717, 1.165) is 16.9 Å². The van der Waals surface area contributed by atoms with Crippen molar-refractivity contribution in [3.63, 3.8) is 0 Å². The average Bonchev–Trinajstić information content (AvgIpc) is 2.97. The normalized spacial score (nSPS) is 15.8. The van der Waals surface area contributed by atoms with Crippen LogP contribution in [0.5, 0.6) is 5.75 Å².